The van der Waals surface area contributed by atoms with Crippen LogP contribution in [0.15, 0.2) is 12.1 Å². The minimum atomic E-state index is 0.613. The molecule has 0 bridgehead atoms. The molecular formula is C16H28N4O. The Kier molecular flexibility index (Phi) is 5.56. The molecule has 118 valence electrons. The highest BCUT2D eigenvalue weighted by Gasteiger charge is 2.19. The summed E-state index contributed by atoms with van der Waals surface area (Å²) in [6, 6.07) is 4.15. The average molecular weight is 292 g/mol. The highest BCUT2D eigenvalue weighted by molar-refractivity contribution is 5.77. The van der Waals surface area contributed by atoms with E-state index in [0.29, 0.717) is 5.92 Å². The minimum Gasteiger partial charge on any atom is -0.489 e. The Hall–Kier alpha value is -1.62. The van der Waals surface area contributed by atoms with Gasteiger partial charge in [0.2, 0.25) is 0 Å². The molecule has 21 heavy (non-hydrogen) atoms. The second-order valence-electron chi connectivity index (χ2n) is 5.73. The molecular weight excluding hydrogens is 264 g/mol. The number of likely N-dealkylation sites (tertiary alicyclic amines) is 1. The molecule has 1 atom stereocenters. The molecule has 5 nitrogen and oxygen atoms in total. The Labute approximate surface area is 128 Å². The molecule has 1 saturated heterocycles. The zero-order valence-electron chi connectivity index (χ0n) is 13.6. The molecule has 0 aromatic heterocycles. The largest absolute Gasteiger partial charge is 0.489 e. The molecule has 0 spiro atoms. The standard InChI is InChI=1S/C16H28N4O/c1-17-13-8-14(18-2)16(15(9-13)19-3)21-11-12-6-5-7-20(4)10-12/h8-9,12,17-19H,5-7,10-11H2,1-4H3. The van der Waals surface area contributed by atoms with Crippen LogP contribution in [-0.4, -0.2) is 52.8 Å². The Bertz CT molecular complexity index is 439. The number of hydrogen-bond donors (Lipinski definition) is 3. The van der Waals surface area contributed by atoms with Gasteiger partial charge in [-0.25, -0.2) is 0 Å². The third kappa shape index (κ3) is 3.94. The number of nitrogens with zero attached hydrogens (tertiary/aromatic N) is 1. The van der Waals surface area contributed by atoms with Gasteiger partial charge in [0.25, 0.3) is 0 Å². The monoisotopic (exact) mass is 292 g/mol. The molecule has 5 heteroatoms. The first-order valence-electron chi connectivity index (χ1n) is 7.70. The number of anilines is 3. The van der Waals surface area contributed by atoms with E-state index in [0.717, 1.165) is 36.0 Å². The Morgan fingerprint density at radius 3 is 2.33 bits per heavy atom. The highest BCUT2D eigenvalue weighted by atomic mass is 16.5. The Morgan fingerprint density at radius 2 is 1.81 bits per heavy atom. The summed E-state index contributed by atoms with van der Waals surface area (Å²) in [4.78, 5) is 2.39. The van der Waals surface area contributed by atoms with Gasteiger partial charge in [-0.05, 0) is 38.6 Å². The average Bonchev–Trinajstić information content (AvgIpc) is 2.52. The van der Waals surface area contributed by atoms with Gasteiger partial charge in [0.1, 0.15) is 0 Å². The first kappa shape index (κ1) is 15.8. The van der Waals surface area contributed by atoms with Gasteiger partial charge in [0.15, 0.2) is 5.75 Å². The molecule has 1 fully saturated rings. The SMILES string of the molecule is CNc1cc(NC)c(OCC2CCCN(C)C2)c(NC)c1. The normalized spacial score (nSPS) is 19.1. The van der Waals surface area contributed by atoms with E-state index < -0.39 is 0 Å². The summed E-state index contributed by atoms with van der Waals surface area (Å²) in [6.07, 6.45) is 2.52. The predicted octanol–water partition coefficient (Wildman–Crippen LogP) is 2.53. The topological polar surface area (TPSA) is 48.6 Å². The molecule has 1 heterocycles. The van der Waals surface area contributed by atoms with Gasteiger partial charge in [-0.2, -0.15) is 0 Å². The van der Waals surface area contributed by atoms with Crippen LogP contribution in [0.4, 0.5) is 17.1 Å². The van der Waals surface area contributed by atoms with Crippen LogP contribution in [0, 0.1) is 5.92 Å². The second-order valence-corrected chi connectivity index (χ2v) is 5.73. The lowest BCUT2D eigenvalue weighted by Crippen LogP contribution is -2.34. The summed E-state index contributed by atoms with van der Waals surface area (Å²) in [5, 5.41) is 9.62. The van der Waals surface area contributed by atoms with E-state index in [2.05, 4.69) is 40.0 Å². The highest BCUT2D eigenvalue weighted by Crippen LogP contribution is 2.37. The molecule has 0 radical (unpaired) electrons. The van der Waals surface area contributed by atoms with Gasteiger partial charge in [-0.1, -0.05) is 0 Å². The third-order valence-electron chi connectivity index (χ3n) is 4.10. The fraction of sp³-hybridized carbons (Fsp3) is 0.625. The Morgan fingerprint density at radius 1 is 1.14 bits per heavy atom. The fourth-order valence-corrected chi connectivity index (χ4v) is 2.91. The van der Waals surface area contributed by atoms with Crippen molar-refractivity contribution in [1.29, 1.82) is 0 Å². The maximum absolute atomic E-state index is 6.16. The van der Waals surface area contributed by atoms with Crippen LogP contribution in [0.25, 0.3) is 0 Å². The van der Waals surface area contributed by atoms with E-state index in [9.17, 15) is 0 Å². The first-order valence-corrected chi connectivity index (χ1v) is 7.70. The van der Waals surface area contributed by atoms with E-state index in [1.54, 1.807) is 0 Å². The third-order valence-corrected chi connectivity index (χ3v) is 4.10. The van der Waals surface area contributed by atoms with Gasteiger partial charge < -0.3 is 25.6 Å². The number of rotatable bonds is 6. The smallest absolute Gasteiger partial charge is 0.165 e. The van der Waals surface area contributed by atoms with E-state index >= 15 is 0 Å². The summed E-state index contributed by atoms with van der Waals surface area (Å²) in [6.45, 7) is 3.10. The van der Waals surface area contributed by atoms with Crippen LogP contribution in [0.1, 0.15) is 12.8 Å². The second kappa shape index (κ2) is 7.41. The number of nitrogens with one attached hydrogen (secondary N) is 3. The van der Waals surface area contributed by atoms with Gasteiger partial charge >= 0.3 is 0 Å². The van der Waals surface area contributed by atoms with Crippen LogP contribution >= 0.6 is 0 Å². The quantitative estimate of drug-likeness (QED) is 0.752. The number of benzene rings is 1. The lowest BCUT2D eigenvalue weighted by atomic mass is 9.99. The molecule has 0 saturated carbocycles. The van der Waals surface area contributed by atoms with Crippen LogP contribution in [0.3, 0.4) is 0 Å². The van der Waals surface area contributed by atoms with E-state index in [1.165, 1.54) is 19.4 Å². The van der Waals surface area contributed by atoms with Crippen molar-refractivity contribution in [1.82, 2.24) is 4.90 Å². The van der Waals surface area contributed by atoms with Crippen molar-refractivity contribution in [2.75, 3.05) is 63.8 Å². The number of hydrogen-bond acceptors (Lipinski definition) is 5. The van der Waals surface area contributed by atoms with Crippen molar-refractivity contribution in [2.45, 2.75) is 12.8 Å². The van der Waals surface area contributed by atoms with Gasteiger partial charge in [0, 0.05) is 39.3 Å². The number of piperidine rings is 1. The van der Waals surface area contributed by atoms with Crippen LogP contribution in [0.2, 0.25) is 0 Å². The molecule has 1 aromatic carbocycles. The van der Waals surface area contributed by atoms with Crippen molar-refractivity contribution in [3.63, 3.8) is 0 Å². The maximum Gasteiger partial charge on any atom is 0.165 e. The lowest BCUT2D eigenvalue weighted by Gasteiger charge is -2.30. The predicted molar refractivity (Wildman–Crippen MR) is 90.8 cm³/mol. The van der Waals surface area contributed by atoms with Gasteiger partial charge in [0.05, 0.1) is 18.0 Å². The lowest BCUT2D eigenvalue weighted by molar-refractivity contribution is 0.151. The van der Waals surface area contributed by atoms with Crippen molar-refractivity contribution < 1.29 is 4.74 Å². The summed E-state index contributed by atoms with van der Waals surface area (Å²) in [5.41, 5.74) is 3.08. The van der Waals surface area contributed by atoms with Gasteiger partial charge in [-0.3, -0.25) is 0 Å². The van der Waals surface area contributed by atoms with Gasteiger partial charge in [-0.15, -0.1) is 0 Å². The molecule has 1 aliphatic heterocycles. The molecule has 1 aliphatic rings. The molecule has 1 aromatic rings. The van der Waals surface area contributed by atoms with Crippen LogP contribution in [0.5, 0.6) is 5.75 Å². The Balaban J connectivity index is 2.10. The first-order chi connectivity index (χ1) is 10.2. The fourth-order valence-electron chi connectivity index (χ4n) is 2.91. The summed E-state index contributed by atoms with van der Waals surface area (Å²) >= 11 is 0. The molecule has 1 unspecified atom stereocenters. The molecule has 3 N–H and O–H groups in total. The van der Waals surface area contributed by atoms with Crippen molar-refractivity contribution in [3.8, 4) is 5.75 Å². The minimum absolute atomic E-state index is 0.613. The zero-order valence-corrected chi connectivity index (χ0v) is 13.6. The molecule has 0 aliphatic carbocycles. The van der Waals surface area contributed by atoms with Crippen LogP contribution < -0.4 is 20.7 Å². The maximum atomic E-state index is 6.16. The van der Waals surface area contributed by atoms with Crippen molar-refractivity contribution in [3.05, 3.63) is 12.1 Å². The zero-order chi connectivity index (χ0) is 15.2. The van der Waals surface area contributed by atoms with E-state index in [1.807, 2.05) is 21.1 Å². The van der Waals surface area contributed by atoms with Crippen molar-refractivity contribution in [2.24, 2.45) is 5.92 Å². The summed E-state index contributed by atoms with van der Waals surface area (Å²) in [7, 11) is 7.96. The summed E-state index contributed by atoms with van der Waals surface area (Å²) in [5.74, 6) is 1.52. The molecule has 2 rings (SSSR count). The van der Waals surface area contributed by atoms with E-state index in [4.69, 9.17) is 4.74 Å². The number of ether oxygens (including phenoxy) is 1. The molecule has 0 amide bonds. The van der Waals surface area contributed by atoms with E-state index in [-0.39, 0.29) is 0 Å². The summed E-state index contributed by atoms with van der Waals surface area (Å²) < 4.78 is 6.16. The van der Waals surface area contributed by atoms with Crippen LogP contribution in [-0.2, 0) is 0 Å². The van der Waals surface area contributed by atoms with Crippen molar-refractivity contribution >= 4 is 17.1 Å².